The molecule has 1 fully saturated rings. The molecule has 1 aromatic heterocycles. The highest BCUT2D eigenvalue weighted by atomic mass is 79.9. The summed E-state index contributed by atoms with van der Waals surface area (Å²) in [5.41, 5.74) is 1.42. The number of fused-ring (bicyclic) bond motifs is 1. The van der Waals surface area contributed by atoms with Crippen LogP contribution in [0.2, 0.25) is 0 Å². The molecule has 0 spiro atoms. The first-order valence-electron chi connectivity index (χ1n) is 10.2. The van der Waals surface area contributed by atoms with Gasteiger partial charge in [0.15, 0.2) is 0 Å². The van der Waals surface area contributed by atoms with Crippen molar-refractivity contribution in [3.63, 3.8) is 0 Å². The second-order valence-corrected chi connectivity index (χ2v) is 8.53. The number of benzene rings is 2. The second kappa shape index (κ2) is 8.70. The molecule has 4 rings (SSSR count). The molecule has 156 valence electrons. The average Bonchev–Trinajstić information content (AvgIpc) is 2.77. The predicted octanol–water partition coefficient (Wildman–Crippen LogP) is 3.61. The summed E-state index contributed by atoms with van der Waals surface area (Å²) in [5.74, 6) is 0.841. The average molecular weight is 469 g/mol. The van der Waals surface area contributed by atoms with Crippen LogP contribution >= 0.6 is 15.9 Å². The molecule has 6 nitrogen and oxygen atoms in total. The maximum Gasteiger partial charge on any atom is 0.261 e. The molecule has 1 unspecified atom stereocenters. The lowest BCUT2D eigenvalue weighted by Crippen LogP contribution is -2.50. The molecule has 0 N–H and O–H groups in total. The van der Waals surface area contributed by atoms with E-state index in [9.17, 15) is 9.59 Å². The highest BCUT2D eigenvalue weighted by molar-refractivity contribution is 9.10. The number of amides is 1. The molecule has 3 aromatic rings. The van der Waals surface area contributed by atoms with Crippen LogP contribution in [-0.2, 0) is 7.05 Å². The first-order valence-corrected chi connectivity index (χ1v) is 11.0. The third kappa shape index (κ3) is 3.91. The second-order valence-electron chi connectivity index (χ2n) is 7.61. The first kappa shape index (κ1) is 20.8. The highest BCUT2D eigenvalue weighted by Crippen LogP contribution is 2.25. The highest BCUT2D eigenvalue weighted by Gasteiger charge is 2.29. The van der Waals surface area contributed by atoms with E-state index in [0.29, 0.717) is 24.0 Å². The molecule has 1 aliphatic heterocycles. The minimum atomic E-state index is -0.0162. The van der Waals surface area contributed by atoms with Crippen molar-refractivity contribution in [2.45, 2.75) is 19.4 Å². The Kier molecular flexibility index (Phi) is 6.01. The van der Waals surface area contributed by atoms with Crippen LogP contribution in [0, 0.1) is 0 Å². The summed E-state index contributed by atoms with van der Waals surface area (Å²) in [5, 5.41) is 0.642. The van der Waals surface area contributed by atoms with Gasteiger partial charge in [-0.2, -0.15) is 0 Å². The summed E-state index contributed by atoms with van der Waals surface area (Å²) >= 11 is 3.43. The maximum atomic E-state index is 12.8. The van der Waals surface area contributed by atoms with Gasteiger partial charge in [-0.3, -0.25) is 19.1 Å². The van der Waals surface area contributed by atoms with Crippen molar-refractivity contribution < 1.29 is 4.79 Å². The van der Waals surface area contributed by atoms with Gasteiger partial charge in [-0.15, -0.1) is 0 Å². The number of para-hydroxylation sites is 1. The summed E-state index contributed by atoms with van der Waals surface area (Å²) in [7, 11) is 1.80. The first-order chi connectivity index (χ1) is 14.5. The summed E-state index contributed by atoms with van der Waals surface area (Å²) in [6.45, 7) is 4.93. The number of carbonyl (C=O) groups is 1. The number of hydrogen-bond acceptors (Lipinski definition) is 4. The van der Waals surface area contributed by atoms with Gasteiger partial charge in [-0.1, -0.05) is 41.1 Å². The van der Waals surface area contributed by atoms with E-state index >= 15 is 0 Å². The van der Waals surface area contributed by atoms with Gasteiger partial charge in [-0.25, -0.2) is 4.98 Å². The minimum absolute atomic E-state index is 0.0162. The van der Waals surface area contributed by atoms with Crippen LogP contribution in [0.4, 0.5) is 0 Å². The number of rotatable bonds is 4. The third-order valence-electron chi connectivity index (χ3n) is 5.82. The molecule has 1 amide bonds. The summed E-state index contributed by atoms with van der Waals surface area (Å²) in [6, 6.07) is 15.0. The van der Waals surface area contributed by atoms with Crippen LogP contribution in [0.1, 0.15) is 35.6 Å². The fourth-order valence-corrected chi connectivity index (χ4v) is 4.58. The standard InChI is InChI=1S/C23H25BrN4O2/c1-3-20(21-25-19-10-5-4-9-18(19)23(30)26(21)2)27-11-13-28(14-12-27)22(29)16-7-6-8-17(24)15-16/h4-10,15,20H,3,11-14H2,1-2H3. The van der Waals surface area contributed by atoms with E-state index in [1.165, 1.54) is 0 Å². The summed E-state index contributed by atoms with van der Waals surface area (Å²) in [4.78, 5) is 34.7. The Morgan fingerprint density at radius 3 is 2.53 bits per heavy atom. The number of hydrogen-bond donors (Lipinski definition) is 0. The van der Waals surface area contributed by atoms with E-state index in [1.54, 1.807) is 11.6 Å². The van der Waals surface area contributed by atoms with Gasteiger partial charge in [0.1, 0.15) is 5.82 Å². The van der Waals surface area contributed by atoms with Gasteiger partial charge in [0, 0.05) is 43.3 Å². The number of carbonyl (C=O) groups excluding carboxylic acids is 1. The fourth-order valence-electron chi connectivity index (χ4n) is 4.18. The Labute approximate surface area is 184 Å². The molecule has 30 heavy (non-hydrogen) atoms. The number of piperazine rings is 1. The Balaban J connectivity index is 1.54. The van der Waals surface area contributed by atoms with Crippen LogP contribution in [-0.4, -0.2) is 51.4 Å². The Morgan fingerprint density at radius 1 is 1.10 bits per heavy atom. The van der Waals surface area contributed by atoms with Crippen molar-refractivity contribution in [3.05, 3.63) is 74.7 Å². The van der Waals surface area contributed by atoms with Crippen LogP contribution in [0.15, 0.2) is 57.8 Å². The molecule has 7 heteroatoms. The van der Waals surface area contributed by atoms with Gasteiger partial charge in [0.05, 0.1) is 16.9 Å². The summed E-state index contributed by atoms with van der Waals surface area (Å²) in [6.07, 6.45) is 0.845. The quantitative estimate of drug-likeness (QED) is 0.586. The molecule has 0 aliphatic carbocycles. The van der Waals surface area contributed by atoms with E-state index < -0.39 is 0 Å². The van der Waals surface area contributed by atoms with Crippen molar-refractivity contribution in [1.82, 2.24) is 19.4 Å². The smallest absolute Gasteiger partial charge is 0.261 e. The summed E-state index contributed by atoms with van der Waals surface area (Å²) < 4.78 is 2.58. The largest absolute Gasteiger partial charge is 0.336 e. The van der Waals surface area contributed by atoms with Gasteiger partial charge in [0.25, 0.3) is 11.5 Å². The van der Waals surface area contributed by atoms with Crippen LogP contribution in [0.25, 0.3) is 10.9 Å². The molecule has 1 atom stereocenters. The minimum Gasteiger partial charge on any atom is -0.336 e. The lowest BCUT2D eigenvalue weighted by molar-refractivity contribution is 0.0550. The monoisotopic (exact) mass is 468 g/mol. The predicted molar refractivity (Wildman–Crippen MR) is 122 cm³/mol. The Hall–Kier alpha value is -2.51. The van der Waals surface area contributed by atoms with Crippen molar-refractivity contribution in [1.29, 1.82) is 0 Å². The molecule has 1 saturated heterocycles. The topological polar surface area (TPSA) is 58.4 Å². The Morgan fingerprint density at radius 2 is 1.83 bits per heavy atom. The fraction of sp³-hybridized carbons (Fsp3) is 0.348. The molecular weight excluding hydrogens is 444 g/mol. The molecule has 2 heterocycles. The molecular formula is C23H25BrN4O2. The SMILES string of the molecule is CCC(c1nc2ccccc2c(=O)n1C)N1CCN(C(=O)c2cccc(Br)c2)CC1. The third-order valence-corrected chi connectivity index (χ3v) is 6.31. The van der Waals surface area contributed by atoms with Gasteiger partial charge < -0.3 is 4.90 Å². The Bertz CT molecular complexity index is 1140. The number of halogens is 1. The number of nitrogens with zero attached hydrogens (tertiary/aromatic N) is 4. The van der Waals surface area contributed by atoms with Gasteiger partial charge >= 0.3 is 0 Å². The molecule has 1 aliphatic rings. The van der Waals surface area contributed by atoms with E-state index in [2.05, 4.69) is 27.8 Å². The van der Waals surface area contributed by atoms with Crippen molar-refractivity contribution in [3.8, 4) is 0 Å². The molecule has 0 saturated carbocycles. The lowest BCUT2D eigenvalue weighted by Gasteiger charge is -2.39. The molecule has 0 bridgehead atoms. The maximum absolute atomic E-state index is 12.8. The van der Waals surface area contributed by atoms with Gasteiger partial charge in [-0.05, 0) is 36.8 Å². The van der Waals surface area contributed by atoms with E-state index in [4.69, 9.17) is 4.98 Å². The molecule has 0 radical (unpaired) electrons. The van der Waals surface area contributed by atoms with E-state index in [0.717, 1.165) is 35.3 Å². The van der Waals surface area contributed by atoms with Crippen LogP contribution < -0.4 is 5.56 Å². The zero-order valence-corrected chi connectivity index (χ0v) is 18.8. The van der Waals surface area contributed by atoms with Crippen LogP contribution in [0.5, 0.6) is 0 Å². The normalized spacial score (nSPS) is 16.0. The van der Waals surface area contributed by atoms with Crippen molar-refractivity contribution in [2.24, 2.45) is 7.05 Å². The number of aromatic nitrogens is 2. The van der Waals surface area contributed by atoms with Crippen LogP contribution in [0.3, 0.4) is 0 Å². The zero-order valence-electron chi connectivity index (χ0n) is 17.2. The van der Waals surface area contributed by atoms with E-state index in [1.807, 2.05) is 53.4 Å². The zero-order chi connectivity index (χ0) is 21.3. The van der Waals surface area contributed by atoms with E-state index in [-0.39, 0.29) is 17.5 Å². The molecule has 2 aromatic carbocycles. The van der Waals surface area contributed by atoms with Gasteiger partial charge in [0.2, 0.25) is 0 Å². The lowest BCUT2D eigenvalue weighted by atomic mass is 10.1. The van der Waals surface area contributed by atoms with Crippen molar-refractivity contribution in [2.75, 3.05) is 26.2 Å². The van der Waals surface area contributed by atoms with Crippen molar-refractivity contribution >= 4 is 32.7 Å².